The molecule has 0 aliphatic carbocycles. The maximum Gasteiger partial charge on any atom is 0.0798 e. The van der Waals surface area contributed by atoms with Crippen LogP contribution in [0.4, 0.5) is 0 Å². The second-order valence-electron chi connectivity index (χ2n) is 3.87. The number of rotatable bonds is 4. The van der Waals surface area contributed by atoms with Gasteiger partial charge in [-0.25, -0.2) is 0 Å². The highest BCUT2D eigenvalue weighted by atomic mass is 35.5. The summed E-state index contributed by atoms with van der Waals surface area (Å²) in [5.41, 5.74) is 2.55. The first-order valence-corrected chi connectivity index (χ1v) is 5.69. The van der Waals surface area contributed by atoms with E-state index in [0.29, 0.717) is 5.92 Å². The van der Waals surface area contributed by atoms with Crippen molar-refractivity contribution in [2.45, 2.75) is 32.9 Å². The van der Waals surface area contributed by atoms with Gasteiger partial charge in [0.25, 0.3) is 0 Å². The van der Waals surface area contributed by atoms with Gasteiger partial charge in [-0.3, -0.25) is 4.68 Å². The lowest BCUT2D eigenvalue weighted by atomic mass is 9.97. The Bertz CT molecular complexity index is 327. The number of aryl methyl sites for hydroxylation is 1. The van der Waals surface area contributed by atoms with E-state index in [1.54, 1.807) is 0 Å². The molecule has 0 radical (unpaired) electrons. The van der Waals surface area contributed by atoms with Crippen LogP contribution in [-0.2, 0) is 17.8 Å². The molecule has 0 amide bonds. The molecule has 5 heteroatoms. The molecule has 0 saturated heterocycles. The summed E-state index contributed by atoms with van der Waals surface area (Å²) >= 11 is 0. The molecule has 1 aromatic heterocycles. The fourth-order valence-electron chi connectivity index (χ4n) is 2.00. The van der Waals surface area contributed by atoms with Crippen molar-refractivity contribution in [3.05, 3.63) is 17.5 Å². The van der Waals surface area contributed by atoms with Crippen molar-refractivity contribution in [2.75, 3.05) is 19.8 Å². The molecular weight excluding hydrogens is 226 g/mol. The minimum absolute atomic E-state index is 0. The van der Waals surface area contributed by atoms with E-state index in [-0.39, 0.29) is 12.4 Å². The third kappa shape index (κ3) is 2.75. The quantitative estimate of drug-likeness (QED) is 0.875. The highest BCUT2D eigenvalue weighted by molar-refractivity contribution is 5.85. The maximum absolute atomic E-state index is 5.50. The van der Waals surface area contributed by atoms with Crippen LogP contribution < -0.4 is 5.32 Å². The molecule has 2 rings (SSSR count). The second kappa shape index (κ2) is 6.23. The standard InChI is InChI=1S/C11H19N3O.ClH/c1-3-14-7-10-9(8-15-4-2)5-12-6-11(10)13-14;/h7,9,12H,3-6,8H2,1-2H3;1H. The molecule has 1 unspecified atom stereocenters. The van der Waals surface area contributed by atoms with E-state index in [9.17, 15) is 0 Å². The SMILES string of the molecule is CCOCC1CNCc2nn(CC)cc21.Cl. The van der Waals surface area contributed by atoms with Crippen molar-refractivity contribution in [1.29, 1.82) is 0 Å². The van der Waals surface area contributed by atoms with E-state index in [1.807, 2.05) is 11.6 Å². The molecule has 1 aliphatic heterocycles. The zero-order chi connectivity index (χ0) is 10.7. The largest absolute Gasteiger partial charge is 0.381 e. The zero-order valence-corrected chi connectivity index (χ0v) is 10.7. The van der Waals surface area contributed by atoms with Gasteiger partial charge in [-0.05, 0) is 13.8 Å². The Morgan fingerprint density at radius 1 is 1.56 bits per heavy atom. The van der Waals surface area contributed by atoms with Crippen LogP contribution in [0.3, 0.4) is 0 Å². The fourth-order valence-corrected chi connectivity index (χ4v) is 2.00. The van der Waals surface area contributed by atoms with Crippen LogP contribution >= 0.6 is 12.4 Å². The van der Waals surface area contributed by atoms with Crippen LogP contribution in [0.25, 0.3) is 0 Å². The molecular formula is C11H20ClN3O. The Morgan fingerprint density at radius 3 is 3.06 bits per heavy atom. The molecule has 1 aromatic rings. The van der Waals surface area contributed by atoms with E-state index in [0.717, 1.165) is 32.8 Å². The van der Waals surface area contributed by atoms with Gasteiger partial charge in [-0.15, -0.1) is 12.4 Å². The predicted octanol–water partition coefficient (Wildman–Crippen LogP) is 1.55. The first-order valence-electron chi connectivity index (χ1n) is 5.69. The van der Waals surface area contributed by atoms with Crippen molar-refractivity contribution < 1.29 is 4.74 Å². The summed E-state index contributed by atoms with van der Waals surface area (Å²) in [6.45, 7) is 8.57. The number of hydrogen-bond acceptors (Lipinski definition) is 3. The van der Waals surface area contributed by atoms with Gasteiger partial charge < -0.3 is 10.1 Å². The third-order valence-corrected chi connectivity index (χ3v) is 2.84. The Balaban J connectivity index is 0.00000128. The minimum atomic E-state index is 0. The zero-order valence-electron chi connectivity index (χ0n) is 9.90. The summed E-state index contributed by atoms with van der Waals surface area (Å²) in [7, 11) is 0. The van der Waals surface area contributed by atoms with Crippen LogP contribution in [0.2, 0.25) is 0 Å². The Kier molecular flexibility index (Phi) is 5.25. The summed E-state index contributed by atoms with van der Waals surface area (Å²) < 4.78 is 7.51. The molecule has 1 aliphatic rings. The Hall–Kier alpha value is -0.580. The minimum Gasteiger partial charge on any atom is -0.381 e. The molecule has 0 bridgehead atoms. The van der Waals surface area contributed by atoms with E-state index in [2.05, 4.69) is 23.5 Å². The number of nitrogens with zero attached hydrogens (tertiary/aromatic N) is 2. The highest BCUT2D eigenvalue weighted by Gasteiger charge is 2.22. The first kappa shape index (κ1) is 13.5. The predicted molar refractivity (Wildman–Crippen MR) is 66.1 cm³/mol. The van der Waals surface area contributed by atoms with Crippen LogP contribution in [0.15, 0.2) is 6.20 Å². The lowest BCUT2D eigenvalue weighted by molar-refractivity contribution is 0.129. The average molecular weight is 246 g/mol. The molecule has 4 nitrogen and oxygen atoms in total. The van der Waals surface area contributed by atoms with Crippen LogP contribution in [0.5, 0.6) is 0 Å². The number of hydrogen-bond donors (Lipinski definition) is 1. The monoisotopic (exact) mass is 245 g/mol. The van der Waals surface area contributed by atoms with Crippen molar-refractivity contribution in [1.82, 2.24) is 15.1 Å². The van der Waals surface area contributed by atoms with Gasteiger partial charge in [0.15, 0.2) is 0 Å². The summed E-state index contributed by atoms with van der Waals surface area (Å²) in [4.78, 5) is 0. The normalized spacial score (nSPS) is 19.0. The molecule has 1 N–H and O–H groups in total. The van der Waals surface area contributed by atoms with Crippen molar-refractivity contribution in [3.63, 3.8) is 0 Å². The number of ether oxygens (including phenoxy) is 1. The number of halogens is 1. The molecule has 1 atom stereocenters. The molecule has 92 valence electrons. The molecule has 16 heavy (non-hydrogen) atoms. The van der Waals surface area contributed by atoms with Crippen molar-refractivity contribution in [3.8, 4) is 0 Å². The second-order valence-corrected chi connectivity index (χ2v) is 3.87. The van der Waals surface area contributed by atoms with E-state index in [4.69, 9.17) is 4.74 Å². The lowest BCUT2D eigenvalue weighted by Crippen LogP contribution is -2.30. The average Bonchev–Trinajstić information content (AvgIpc) is 2.69. The number of fused-ring (bicyclic) bond motifs is 1. The van der Waals surface area contributed by atoms with Gasteiger partial charge >= 0.3 is 0 Å². The lowest BCUT2D eigenvalue weighted by Gasteiger charge is -2.21. The molecule has 0 spiro atoms. The first-order chi connectivity index (χ1) is 7.35. The molecule has 0 fully saturated rings. The van der Waals surface area contributed by atoms with Gasteiger partial charge in [0.1, 0.15) is 0 Å². The topological polar surface area (TPSA) is 39.1 Å². The van der Waals surface area contributed by atoms with Crippen LogP contribution in [-0.4, -0.2) is 29.5 Å². The van der Waals surface area contributed by atoms with E-state index < -0.39 is 0 Å². The number of aromatic nitrogens is 2. The van der Waals surface area contributed by atoms with Crippen LogP contribution in [0.1, 0.15) is 31.0 Å². The fraction of sp³-hybridized carbons (Fsp3) is 0.727. The summed E-state index contributed by atoms with van der Waals surface area (Å²) in [6, 6.07) is 0. The maximum atomic E-state index is 5.50. The third-order valence-electron chi connectivity index (χ3n) is 2.84. The summed E-state index contributed by atoms with van der Waals surface area (Å²) in [6.07, 6.45) is 2.17. The highest BCUT2D eigenvalue weighted by Crippen LogP contribution is 2.23. The van der Waals surface area contributed by atoms with Gasteiger partial charge in [-0.1, -0.05) is 0 Å². The van der Waals surface area contributed by atoms with Gasteiger partial charge in [-0.2, -0.15) is 5.10 Å². The Morgan fingerprint density at radius 2 is 2.38 bits per heavy atom. The van der Waals surface area contributed by atoms with Gasteiger partial charge in [0.2, 0.25) is 0 Å². The van der Waals surface area contributed by atoms with Crippen LogP contribution in [0, 0.1) is 0 Å². The molecule has 0 saturated carbocycles. The van der Waals surface area contributed by atoms with Gasteiger partial charge in [0, 0.05) is 43.9 Å². The molecule has 0 aromatic carbocycles. The summed E-state index contributed by atoms with van der Waals surface area (Å²) in [5, 5.41) is 7.91. The molecule has 2 heterocycles. The van der Waals surface area contributed by atoms with Crippen molar-refractivity contribution >= 4 is 12.4 Å². The number of nitrogens with one attached hydrogen (secondary N) is 1. The smallest absolute Gasteiger partial charge is 0.0798 e. The van der Waals surface area contributed by atoms with E-state index in [1.165, 1.54) is 11.3 Å². The Labute approximate surface area is 103 Å². The van der Waals surface area contributed by atoms with Crippen molar-refractivity contribution in [2.24, 2.45) is 0 Å². The van der Waals surface area contributed by atoms with E-state index >= 15 is 0 Å². The van der Waals surface area contributed by atoms with Gasteiger partial charge in [0.05, 0.1) is 12.3 Å². The summed E-state index contributed by atoms with van der Waals surface area (Å²) in [5.74, 6) is 0.467.